The Labute approximate surface area is 189 Å². The summed E-state index contributed by atoms with van der Waals surface area (Å²) in [6.07, 6.45) is 2.16. The lowest BCUT2D eigenvalue weighted by molar-refractivity contribution is 0.414. The van der Waals surface area contributed by atoms with Crippen LogP contribution in [0.15, 0.2) is 35.3 Å². The Morgan fingerprint density at radius 2 is 2.00 bits per heavy atom. The van der Waals surface area contributed by atoms with Crippen LogP contribution in [0.4, 0.5) is 0 Å². The Balaban J connectivity index is 1.52. The molecule has 1 aromatic carbocycles. The van der Waals surface area contributed by atoms with Crippen LogP contribution in [0.1, 0.15) is 41.9 Å². The van der Waals surface area contributed by atoms with E-state index in [9.17, 15) is 0 Å². The van der Waals surface area contributed by atoms with Crippen molar-refractivity contribution in [3.05, 3.63) is 58.9 Å². The van der Waals surface area contributed by atoms with Crippen LogP contribution in [-0.4, -0.2) is 50.9 Å². The van der Waals surface area contributed by atoms with E-state index >= 15 is 0 Å². The zero-order chi connectivity index (χ0) is 22.7. The lowest BCUT2D eigenvalue weighted by atomic mass is 10.2. The third-order valence-electron chi connectivity index (χ3n) is 6.03. The molecule has 32 heavy (non-hydrogen) atoms. The van der Waals surface area contributed by atoms with E-state index in [4.69, 9.17) is 9.73 Å². The van der Waals surface area contributed by atoms with Gasteiger partial charge in [0.2, 0.25) is 0 Å². The smallest absolute Gasteiger partial charge is 0.194 e. The van der Waals surface area contributed by atoms with Crippen LogP contribution in [0.25, 0.3) is 5.69 Å². The van der Waals surface area contributed by atoms with E-state index in [2.05, 4.69) is 75.6 Å². The number of rotatable bonds is 7. The molecule has 1 aliphatic heterocycles. The minimum Gasteiger partial charge on any atom is -0.497 e. The summed E-state index contributed by atoms with van der Waals surface area (Å²) in [6, 6.07) is 10.4. The molecule has 0 atom stereocenters. The number of hydrogen-bond acceptors (Lipinski definition) is 4. The van der Waals surface area contributed by atoms with Crippen molar-refractivity contribution in [1.29, 1.82) is 0 Å². The second-order valence-electron chi connectivity index (χ2n) is 8.24. The number of benzene rings is 1. The summed E-state index contributed by atoms with van der Waals surface area (Å²) in [6.45, 7) is 9.51. The number of ether oxygens (including phenoxy) is 1. The molecule has 0 amide bonds. The maximum atomic E-state index is 5.30. The first-order chi connectivity index (χ1) is 15.5. The van der Waals surface area contributed by atoms with E-state index in [1.807, 2.05) is 12.1 Å². The predicted octanol–water partition coefficient (Wildman–Crippen LogP) is 3.24. The average Bonchev–Trinajstić information content (AvgIpc) is 3.47. The van der Waals surface area contributed by atoms with Crippen molar-refractivity contribution in [1.82, 2.24) is 29.5 Å². The molecule has 0 radical (unpaired) electrons. The van der Waals surface area contributed by atoms with Crippen molar-refractivity contribution in [2.24, 2.45) is 4.99 Å². The van der Waals surface area contributed by atoms with Crippen LogP contribution in [0.2, 0.25) is 0 Å². The fraction of sp³-hybridized carbons (Fsp3) is 0.458. The molecule has 0 bridgehead atoms. The summed E-state index contributed by atoms with van der Waals surface area (Å²) >= 11 is 0. The number of fused-ring (bicyclic) bond motifs is 1. The number of methoxy groups -OCH3 is 1. The number of aryl methyl sites for hydroxylation is 2. The fourth-order valence-electron chi connectivity index (χ4n) is 4.39. The first-order valence-electron chi connectivity index (χ1n) is 11.2. The molecule has 0 unspecified atom stereocenters. The van der Waals surface area contributed by atoms with E-state index in [1.54, 1.807) is 7.11 Å². The van der Waals surface area contributed by atoms with Gasteiger partial charge in [0.05, 0.1) is 7.11 Å². The van der Waals surface area contributed by atoms with Crippen molar-refractivity contribution in [2.75, 3.05) is 20.7 Å². The van der Waals surface area contributed by atoms with Crippen LogP contribution >= 0.6 is 0 Å². The van der Waals surface area contributed by atoms with Crippen molar-refractivity contribution in [3.8, 4) is 11.4 Å². The van der Waals surface area contributed by atoms with E-state index in [0.29, 0.717) is 6.54 Å². The largest absolute Gasteiger partial charge is 0.497 e. The van der Waals surface area contributed by atoms with E-state index in [0.717, 1.165) is 61.5 Å². The second kappa shape index (κ2) is 9.46. The summed E-state index contributed by atoms with van der Waals surface area (Å²) in [4.78, 5) is 7.02. The third kappa shape index (κ3) is 4.35. The van der Waals surface area contributed by atoms with Gasteiger partial charge in [-0.25, -0.2) is 4.99 Å². The molecule has 2 aromatic heterocycles. The van der Waals surface area contributed by atoms with Crippen LogP contribution in [0.3, 0.4) is 0 Å². The third-order valence-corrected chi connectivity index (χ3v) is 6.03. The number of nitrogens with one attached hydrogen (secondary N) is 1. The number of aliphatic imine (C=N–C) groups is 1. The molecular formula is C24H33N7O. The lowest BCUT2D eigenvalue weighted by Crippen LogP contribution is -2.38. The summed E-state index contributed by atoms with van der Waals surface area (Å²) in [5.41, 5.74) is 4.84. The zero-order valence-electron chi connectivity index (χ0n) is 19.7. The highest BCUT2D eigenvalue weighted by molar-refractivity contribution is 5.79. The molecule has 170 valence electrons. The van der Waals surface area contributed by atoms with Crippen LogP contribution < -0.4 is 10.1 Å². The van der Waals surface area contributed by atoms with Crippen molar-refractivity contribution < 1.29 is 4.74 Å². The van der Waals surface area contributed by atoms with Gasteiger partial charge >= 0.3 is 0 Å². The van der Waals surface area contributed by atoms with Crippen LogP contribution in [0.5, 0.6) is 5.75 Å². The fourth-order valence-corrected chi connectivity index (χ4v) is 4.39. The molecule has 3 heterocycles. The Morgan fingerprint density at radius 3 is 2.72 bits per heavy atom. The van der Waals surface area contributed by atoms with E-state index in [1.165, 1.54) is 17.0 Å². The molecule has 1 aliphatic rings. The average molecular weight is 436 g/mol. The predicted molar refractivity (Wildman–Crippen MR) is 126 cm³/mol. The number of guanidine groups is 1. The first kappa shape index (κ1) is 21.9. The Morgan fingerprint density at radius 1 is 1.22 bits per heavy atom. The van der Waals surface area contributed by atoms with Gasteiger partial charge in [0.15, 0.2) is 11.8 Å². The highest BCUT2D eigenvalue weighted by Crippen LogP contribution is 2.23. The molecule has 1 N–H and O–H groups in total. The van der Waals surface area contributed by atoms with Crippen LogP contribution in [-0.2, 0) is 26.1 Å². The van der Waals surface area contributed by atoms with Gasteiger partial charge in [-0.3, -0.25) is 0 Å². The molecule has 0 aliphatic carbocycles. The monoisotopic (exact) mass is 435 g/mol. The van der Waals surface area contributed by atoms with Gasteiger partial charge in [-0.1, -0.05) is 0 Å². The Kier molecular flexibility index (Phi) is 6.48. The molecule has 0 saturated carbocycles. The summed E-state index contributed by atoms with van der Waals surface area (Å²) in [7, 11) is 3.77. The normalized spacial score (nSPS) is 13.3. The highest BCUT2D eigenvalue weighted by Gasteiger charge is 2.18. The minimum absolute atomic E-state index is 0.532. The Hall–Kier alpha value is -3.29. The van der Waals surface area contributed by atoms with Gasteiger partial charge in [0, 0.05) is 50.2 Å². The highest BCUT2D eigenvalue weighted by atomic mass is 16.5. The molecule has 8 nitrogen and oxygen atoms in total. The van der Waals surface area contributed by atoms with Gasteiger partial charge in [0.1, 0.15) is 18.1 Å². The number of aromatic nitrogens is 4. The molecule has 3 aromatic rings. The minimum atomic E-state index is 0.532. The SMILES string of the molecule is CCNC(=NCc1nnc2n1CCC2)N(C)Cc1cc(C)n(-c2ccc(OC)cc2)c1C. The van der Waals surface area contributed by atoms with Crippen molar-refractivity contribution in [3.63, 3.8) is 0 Å². The molecule has 4 rings (SSSR count). The second-order valence-corrected chi connectivity index (χ2v) is 8.24. The number of nitrogens with zero attached hydrogens (tertiary/aromatic N) is 6. The van der Waals surface area contributed by atoms with Gasteiger partial charge in [-0.15, -0.1) is 10.2 Å². The lowest BCUT2D eigenvalue weighted by Gasteiger charge is -2.22. The Bertz CT molecular complexity index is 1090. The topological polar surface area (TPSA) is 72.5 Å². The van der Waals surface area contributed by atoms with E-state index in [-0.39, 0.29) is 0 Å². The van der Waals surface area contributed by atoms with Gasteiger partial charge in [-0.2, -0.15) is 0 Å². The van der Waals surface area contributed by atoms with Crippen LogP contribution in [0, 0.1) is 13.8 Å². The zero-order valence-corrected chi connectivity index (χ0v) is 19.7. The molecular weight excluding hydrogens is 402 g/mol. The van der Waals surface area contributed by atoms with Gasteiger partial charge in [0.25, 0.3) is 0 Å². The molecule has 8 heteroatoms. The van der Waals surface area contributed by atoms with Gasteiger partial charge < -0.3 is 24.1 Å². The molecule has 0 spiro atoms. The standard InChI is InChI=1S/C24H33N7O/c1-6-25-24(26-15-23-28-27-22-8-7-13-30(22)23)29(4)16-19-14-17(2)31(18(19)3)20-9-11-21(32-5)12-10-20/h9-12,14H,6-8,13,15-16H2,1-5H3,(H,25,26). The molecule has 0 fully saturated rings. The van der Waals surface area contributed by atoms with Crippen molar-refractivity contribution in [2.45, 2.75) is 53.2 Å². The quantitative estimate of drug-likeness (QED) is 0.456. The maximum absolute atomic E-state index is 5.30. The first-order valence-corrected chi connectivity index (χ1v) is 11.2. The maximum Gasteiger partial charge on any atom is 0.194 e. The van der Waals surface area contributed by atoms with Crippen molar-refractivity contribution >= 4 is 5.96 Å². The molecule has 0 saturated heterocycles. The van der Waals surface area contributed by atoms with Gasteiger partial charge in [-0.05, 0) is 63.1 Å². The summed E-state index contributed by atoms with van der Waals surface area (Å²) < 4.78 is 9.79. The summed E-state index contributed by atoms with van der Waals surface area (Å²) in [5, 5.41) is 12.0. The summed E-state index contributed by atoms with van der Waals surface area (Å²) in [5.74, 6) is 3.76. The van der Waals surface area contributed by atoms with E-state index < -0.39 is 0 Å². The number of hydrogen-bond donors (Lipinski definition) is 1.